The zero-order valence-electron chi connectivity index (χ0n) is 11.5. The van der Waals surface area contributed by atoms with Gasteiger partial charge < -0.3 is 4.74 Å². The Morgan fingerprint density at radius 2 is 1.89 bits per heavy atom. The summed E-state index contributed by atoms with van der Waals surface area (Å²) in [6.45, 7) is 4.74. The normalized spacial score (nSPS) is 18.5. The number of ether oxygens (including phenoxy) is 1. The summed E-state index contributed by atoms with van der Waals surface area (Å²) >= 11 is 0. The van der Waals surface area contributed by atoms with Gasteiger partial charge >= 0.3 is 0 Å². The van der Waals surface area contributed by atoms with E-state index in [0.29, 0.717) is 37.6 Å². The first-order valence-electron chi connectivity index (χ1n) is 6.28. The molecule has 0 N–H and O–H groups in total. The summed E-state index contributed by atoms with van der Waals surface area (Å²) in [6, 6.07) is 1.80. The minimum absolute atomic E-state index is 0.0201. The van der Waals surface area contributed by atoms with E-state index in [4.69, 9.17) is 4.74 Å². The fourth-order valence-corrected chi connectivity index (χ4v) is 3.07. The van der Waals surface area contributed by atoms with Gasteiger partial charge in [0.2, 0.25) is 15.9 Å². The second-order valence-electron chi connectivity index (χ2n) is 4.87. The van der Waals surface area contributed by atoms with Crippen LogP contribution in [-0.4, -0.2) is 48.1 Å². The third-order valence-corrected chi connectivity index (χ3v) is 4.40. The van der Waals surface area contributed by atoms with Gasteiger partial charge in [0.25, 0.3) is 0 Å². The number of hydrogen-bond acceptors (Lipinski definition) is 5. The molecule has 6 nitrogen and oxygen atoms in total. The molecule has 0 aromatic carbocycles. The minimum atomic E-state index is -3.08. The molecule has 2 rings (SSSR count). The maximum atomic E-state index is 11.4. The van der Waals surface area contributed by atoms with E-state index in [2.05, 4.69) is 9.97 Å². The van der Waals surface area contributed by atoms with E-state index in [9.17, 15) is 8.42 Å². The lowest BCUT2D eigenvalue weighted by molar-refractivity contribution is 0.129. The zero-order chi connectivity index (χ0) is 14.0. The molecule has 1 aromatic heterocycles. The predicted molar refractivity (Wildman–Crippen MR) is 71.6 cm³/mol. The van der Waals surface area contributed by atoms with Gasteiger partial charge in [-0.1, -0.05) is 0 Å². The number of piperidine rings is 1. The van der Waals surface area contributed by atoms with Crippen LogP contribution in [-0.2, 0) is 10.0 Å². The number of hydrogen-bond donors (Lipinski definition) is 0. The molecule has 0 amide bonds. The van der Waals surface area contributed by atoms with Gasteiger partial charge in [0.15, 0.2) is 0 Å². The van der Waals surface area contributed by atoms with E-state index in [1.54, 1.807) is 6.07 Å². The highest BCUT2D eigenvalue weighted by molar-refractivity contribution is 7.88. The molecule has 1 fully saturated rings. The van der Waals surface area contributed by atoms with Crippen molar-refractivity contribution in [2.45, 2.75) is 32.8 Å². The number of rotatable bonds is 3. The highest BCUT2D eigenvalue weighted by Gasteiger charge is 2.26. The smallest absolute Gasteiger partial charge is 0.217 e. The Balaban J connectivity index is 1.96. The topological polar surface area (TPSA) is 72.4 Å². The van der Waals surface area contributed by atoms with Crippen molar-refractivity contribution in [3.05, 3.63) is 17.6 Å². The maximum absolute atomic E-state index is 11.4. The molecule has 0 bridgehead atoms. The Kier molecular flexibility index (Phi) is 4.05. The van der Waals surface area contributed by atoms with Gasteiger partial charge in [-0.25, -0.2) is 17.7 Å². The lowest BCUT2D eigenvalue weighted by Crippen LogP contribution is -2.41. The molecule has 106 valence electrons. The minimum Gasteiger partial charge on any atom is -0.474 e. The third-order valence-electron chi connectivity index (χ3n) is 3.10. The van der Waals surface area contributed by atoms with Crippen LogP contribution in [0.3, 0.4) is 0 Å². The Bertz CT molecular complexity index is 531. The highest BCUT2D eigenvalue weighted by atomic mass is 32.2. The quantitative estimate of drug-likeness (QED) is 0.825. The summed E-state index contributed by atoms with van der Waals surface area (Å²) in [5.41, 5.74) is 0.871. The van der Waals surface area contributed by atoms with Crippen LogP contribution in [0.1, 0.15) is 24.4 Å². The van der Waals surface area contributed by atoms with Gasteiger partial charge in [0.1, 0.15) is 11.9 Å². The standard InChI is InChI=1S/C12H19N3O3S/c1-9-8-12(14-10(2)13-9)18-11-4-6-15(7-5-11)19(3,16)17/h8,11H,4-7H2,1-3H3. The fraction of sp³-hybridized carbons (Fsp3) is 0.667. The molecular weight excluding hydrogens is 266 g/mol. The molecule has 1 aromatic rings. The van der Waals surface area contributed by atoms with Crippen molar-refractivity contribution < 1.29 is 13.2 Å². The van der Waals surface area contributed by atoms with Crippen LogP contribution in [0.15, 0.2) is 6.07 Å². The van der Waals surface area contributed by atoms with Gasteiger partial charge in [-0.15, -0.1) is 0 Å². The first kappa shape index (κ1) is 14.2. The van der Waals surface area contributed by atoms with Crippen molar-refractivity contribution in [1.82, 2.24) is 14.3 Å². The van der Waals surface area contributed by atoms with Crippen LogP contribution in [0.25, 0.3) is 0 Å². The van der Waals surface area contributed by atoms with Crippen molar-refractivity contribution >= 4 is 10.0 Å². The average Bonchev–Trinajstić information content (AvgIpc) is 2.26. The monoisotopic (exact) mass is 285 g/mol. The summed E-state index contributed by atoms with van der Waals surface area (Å²) in [4.78, 5) is 8.42. The van der Waals surface area contributed by atoms with Gasteiger partial charge in [-0.05, 0) is 26.7 Å². The number of nitrogens with zero attached hydrogens (tertiary/aromatic N) is 3. The predicted octanol–water partition coefficient (Wildman–Crippen LogP) is 0.896. The summed E-state index contributed by atoms with van der Waals surface area (Å²) in [6.07, 6.45) is 2.64. The molecule has 0 aliphatic carbocycles. The molecule has 1 aliphatic heterocycles. The lowest BCUT2D eigenvalue weighted by atomic mass is 10.1. The first-order chi connectivity index (χ1) is 8.84. The number of aromatic nitrogens is 2. The Labute approximate surface area is 113 Å². The zero-order valence-corrected chi connectivity index (χ0v) is 12.3. The molecule has 1 saturated heterocycles. The lowest BCUT2D eigenvalue weighted by Gasteiger charge is -2.30. The molecule has 0 spiro atoms. The van der Waals surface area contributed by atoms with Crippen LogP contribution >= 0.6 is 0 Å². The van der Waals surface area contributed by atoms with E-state index in [1.165, 1.54) is 10.6 Å². The fourth-order valence-electron chi connectivity index (χ4n) is 2.20. The van der Waals surface area contributed by atoms with E-state index < -0.39 is 10.0 Å². The van der Waals surface area contributed by atoms with Gasteiger partial charge in [-0.3, -0.25) is 0 Å². The van der Waals surface area contributed by atoms with Crippen LogP contribution in [0, 0.1) is 13.8 Å². The molecular formula is C12H19N3O3S. The van der Waals surface area contributed by atoms with Crippen molar-refractivity contribution in [2.75, 3.05) is 19.3 Å². The van der Waals surface area contributed by atoms with Crippen molar-refractivity contribution in [3.8, 4) is 5.88 Å². The third kappa shape index (κ3) is 3.87. The molecule has 19 heavy (non-hydrogen) atoms. The van der Waals surface area contributed by atoms with E-state index in [1.807, 2.05) is 13.8 Å². The molecule has 1 aliphatic rings. The molecule has 0 saturated carbocycles. The summed E-state index contributed by atoms with van der Waals surface area (Å²) < 4.78 is 30.1. The molecule has 0 unspecified atom stereocenters. The Morgan fingerprint density at radius 3 is 2.42 bits per heavy atom. The van der Waals surface area contributed by atoms with Gasteiger partial charge in [0.05, 0.1) is 6.26 Å². The number of sulfonamides is 1. The van der Waals surface area contributed by atoms with Crippen LogP contribution < -0.4 is 4.74 Å². The van der Waals surface area contributed by atoms with Gasteiger partial charge in [-0.2, -0.15) is 4.98 Å². The van der Waals surface area contributed by atoms with E-state index >= 15 is 0 Å². The van der Waals surface area contributed by atoms with Crippen molar-refractivity contribution in [3.63, 3.8) is 0 Å². The van der Waals surface area contributed by atoms with Crippen molar-refractivity contribution in [2.24, 2.45) is 0 Å². The first-order valence-corrected chi connectivity index (χ1v) is 8.13. The second kappa shape index (κ2) is 5.42. The summed E-state index contributed by atoms with van der Waals surface area (Å²) in [7, 11) is -3.08. The Morgan fingerprint density at radius 1 is 1.26 bits per heavy atom. The van der Waals surface area contributed by atoms with Crippen molar-refractivity contribution in [1.29, 1.82) is 0 Å². The van der Waals surface area contributed by atoms with Crippen LogP contribution in [0.4, 0.5) is 0 Å². The SMILES string of the molecule is Cc1cc(OC2CCN(S(C)(=O)=O)CC2)nc(C)n1. The maximum Gasteiger partial charge on any atom is 0.217 e. The average molecular weight is 285 g/mol. The Hall–Kier alpha value is -1.21. The van der Waals surface area contributed by atoms with Gasteiger partial charge in [0, 0.05) is 24.8 Å². The molecule has 0 radical (unpaired) electrons. The van der Waals surface area contributed by atoms with Crippen LogP contribution in [0.5, 0.6) is 5.88 Å². The molecule has 7 heteroatoms. The molecule has 2 heterocycles. The summed E-state index contributed by atoms with van der Waals surface area (Å²) in [5, 5.41) is 0. The largest absolute Gasteiger partial charge is 0.474 e. The number of aryl methyl sites for hydroxylation is 2. The molecule has 0 atom stereocenters. The summed E-state index contributed by atoms with van der Waals surface area (Å²) in [5.74, 6) is 1.26. The van der Waals surface area contributed by atoms with Crippen LogP contribution in [0.2, 0.25) is 0 Å². The highest BCUT2D eigenvalue weighted by Crippen LogP contribution is 2.19. The van der Waals surface area contributed by atoms with E-state index in [0.717, 1.165) is 5.69 Å². The second-order valence-corrected chi connectivity index (χ2v) is 6.86. The van der Waals surface area contributed by atoms with E-state index in [-0.39, 0.29) is 6.10 Å².